The Balaban J connectivity index is 1.01. The molecule has 5 aromatic rings. The number of allylic oxidation sites excluding steroid dienone is 2. The molecule has 0 aliphatic carbocycles. The molecular weight excluding hydrogens is 735 g/mol. The second kappa shape index (κ2) is 14.1. The third-order valence-corrected chi connectivity index (χ3v) is 11.9. The second-order valence-corrected chi connectivity index (χ2v) is 15.5. The summed E-state index contributed by atoms with van der Waals surface area (Å²) in [5, 5.41) is 19.5. The molecule has 0 bridgehead atoms. The molecule has 6 heterocycles. The first-order valence-electron chi connectivity index (χ1n) is 17.4. The Hall–Kier alpha value is -4.41. The molecule has 272 valence electrons. The van der Waals surface area contributed by atoms with Gasteiger partial charge >= 0.3 is 0 Å². The van der Waals surface area contributed by atoms with Gasteiger partial charge in [0.05, 0.1) is 32.8 Å². The number of epoxide rings is 2. The molecule has 3 aromatic carbocycles. The Bertz CT molecular complexity index is 2200. The van der Waals surface area contributed by atoms with Gasteiger partial charge in [0.15, 0.2) is 5.13 Å². The van der Waals surface area contributed by atoms with Crippen LogP contribution in [0.3, 0.4) is 0 Å². The third kappa shape index (κ3) is 6.80. The first-order valence-corrected chi connectivity index (χ1v) is 19.0. The van der Waals surface area contributed by atoms with E-state index in [0.717, 1.165) is 38.2 Å². The van der Waals surface area contributed by atoms with E-state index in [9.17, 15) is 4.79 Å². The number of carbonyl (C=O) groups excluding carboxylic acids is 1. The molecule has 4 N–H and O–H groups in total. The molecule has 2 aromatic heterocycles. The van der Waals surface area contributed by atoms with Crippen LogP contribution < -0.4 is 11.1 Å². The van der Waals surface area contributed by atoms with Crippen molar-refractivity contribution in [3.05, 3.63) is 112 Å². The van der Waals surface area contributed by atoms with Crippen molar-refractivity contribution in [1.29, 1.82) is 0 Å². The van der Waals surface area contributed by atoms with Crippen LogP contribution in [0.5, 0.6) is 0 Å². The lowest BCUT2D eigenvalue weighted by Gasteiger charge is -2.37. The van der Waals surface area contributed by atoms with Gasteiger partial charge in [0.25, 0.3) is 0 Å². The maximum absolute atomic E-state index is 14.3. The Labute approximate surface area is 319 Å². The minimum absolute atomic E-state index is 0.0550. The lowest BCUT2D eigenvalue weighted by molar-refractivity contribution is -0.131. The van der Waals surface area contributed by atoms with E-state index in [-0.39, 0.29) is 49.3 Å². The van der Waals surface area contributed by atoms with Gasteiger partial charge in [0.2, 0.25) is 11.7 Å². The quantitative estimate of drug-likeness (QED) is 0.116. The van der Waals surface area contributed by atoms with E-state index >= 15 is 0 Å². The SMILES string of the molecule is C=CC/C=C(/C1OC1NCc1ccc(Cl)c(Cl)c1)N1CC(=O)N2[C@@H]1CN(Cc1cccc3sc(N)nc13)C1OC1[C@@H]2Cc1ccc(-c2nn[nH]n2)cc1. The highest BCUT2D eigenvalue weighted by Crippen LogP contribution is 2.44. The number of tetrazole rings is 1. The zero-order valence-electron chi connectivity index (χ0n) is 28.4. The summed E-state index contributed by atoms with van der Waals surface area (Å²) in [4.78, 5) is 25.6. The number of fused-ring (bicyclic) bond motifs is 3. The van der Waals surface area contributed by atoms with Crippen molar-refractivity contribution in [1.82, 2.24) is 45.6 Å². The van der Waals surface area contributed by atoms with E-state index in [0.29, 0.717) is 53.5 Å². The van der Waals surface area contributed by atoms with Crippen molar-refractivity contribution in [2.45, 2.75) is 62.8 Å². The van der Waals surface area contributed by atoms with Crippen LogP contribution in [0.25, 0.3) is 21.6 Å². The number of nitrogen functional groups attached to an aromatic ring is 1. The number of carbonyl (C=O) groups is 1. The lowest BCUT2D eigenvalue weighted by atomic mass is 10.00. The van der Waals surface area contributed by atoms with Crippen LogP contribution in [-0.4, -0.2) is 96.2 Å². The fraction of sp³-hybridized carbons (Fsp3) is 0.324. The number of ether oxygens (including phenoxy) is 2. The zero-order valence-corrected chi connectivity index (χ0v) is 30.8. The van der Waals surface area contributed by atoms with Gasteiger partial charge in [-0.15, -0.1) is 16.8 Å². The Morgan fingerprint density at radius 1 is 1.11 bits per heavy atom. The maximum Gasteiger partial charge on any atom is 0.244 e. The first kappa shape index (κ1) is 34.4. The van der Waals surface area contributed by atoms with E-state index < -0.39 is 0 Å². The van der Waals surface area contributed by atoms with Gasteiger partial charge in [-0.25, -0.2) is 4.98 Å². The highest BCUT2D eigenvalue weighted by Gasteiger charge is 2.60. The largest absolute Gasteiger partial charge is 0.375 e. The monoisotopic (exact) mass is 770 g/mol. The van der Waals surface area contributed by atoms with E-state index in [2.05, 4.69) is 76.5 Å². The second-order valence-electron chi connectivity index (χ2n) is 13.6. The summed E-state index contributed by atoms with van der Waals surface area (Å²) in [7, 11) is 0. The number of hydrogen-bond donors (Lipinski definition) is 3. The van der Waals surface area contributed by atoms with Crippen LogP contribution in [0.15, 0.2) is 85.1 Å². The molecule has 53 heavy (non-hydrogen) atoms. The number of rotatable bonds is 12. The highest BCUT2D eigenvalue weighted by molar-refractivity contribution is 7.22. The average molecular weight is 772 g/mol. The van der Waals surface area contributed by atoms with Crippen molar-refractivity contribution in [2.75, 3.05) is 18.8 Å². The number of nitrogens with zero attached hydrogens (tertiary/aromatic N) is 7. The van der Waals surface area contributed by atoms with Crippen LogP contribution >= 0.6 is 34.5 Å². The van der Waals surface area contributed by atoms with E-state index in [1.165, 1.54) is 11.3 Å². The van der Waals surface area contributed by atoms with Gasteiger partial charge in [-0.3, -0.25) is 15.0 Å². The summed E-state index contributed by atoms with van der Waals surface area (Å²) in [5.41, 5.74) is 12.0. The van der Waals surface area contributed by atoms with E-state index in [1.807, 2.05) is 42.5 Å². The molecule has 4 fully saturated rings. The minimum atomic E-state index is -0.266. The molecule has 0 saturated carbocycles. The summed E-state index contributed by atoms with van der Waals surface area (Å²) in [6, 6.07) is 19.7. The van der Waals surface area contributed by atoms with Crippen LogP contribution in [0.1, 0.15) is 23.1 Å². The summed E-state index contributed by atoms with van der Waals surface area (Å²) in [6.45, 7) is 5.91. The Kier molecular flexibility index (Phi) is 9.14. The molecule has 16 heteroatoms. The van der Waals surface area contributed by atoms with Gasteiger partial charge in [0.1, 0.15) is 30.8 Å². The van der Waals surface area contributed by atoms with Gasteiger partial charge < -0.3 is 25.0 Å². The molecular formula is C37H36Cl2N10O3S. The number of nitrogens with two attached hydrogens (primary N) is 1. The molecule has 0 spiro atoms. The summed E-state index contributed by atoms with van der Waals surface area (Å²) >= 11 is 13.9. The van der Waals surface area contributed by atoms with Gasteiger partial charge in [-0.1, -0.05) is 89.2 Å². The average Bonchev–Trinajstić information content (AvgIpc) is 3.97. The van der Waals surface area contributed by atoms with E-state index in [4.69, 9.17) is 38.4 Å². The number of halogens is 2. The number of amides is 1. The topological polar surface area (TPSA) is 157 Å². The van der Waals surface area contributed by atoms with E-state index in [1.54, 1.807) is 6.07 Å². The molecule has 4 aliphatic heterocycles. The molecule has 4 unspecified atom stereocenters. The summed E-state index contributed by atoms with van der Waals surface area (Å²) < 4.78 is 13.8. The highest BCUT2D eigenvalue weighted by atomic mass is 35.5. The van der Waals surface area contributed by atoms with Gasteiger partial charge in [-0.05, 0) is 52.9 Å². The number of nitrogens with one attached hydrogen (secondary N) is 2. The number of hydrogen-bond acceptors (Lipinski definition) is 12. The fourth-order valence-electron chi connectivity index (χ4n) is 7.68. The van der Waals surface area contributed by atoms with Crippen molar-refractivity contribution < 1.29 is 14.3 Å². The smallest absolute Gasteiger partial charge is 0.244 e. The number of benzene rings is 3. The molecule has 1 amide bonds. The fourth-order valence-corrected chi connectivity index (χ4v) is 8.79. The van der Waals surface area contributed by atoms with Gasteiger partial charge in [0, 0.05) is 30.9 Å². The van der Waals surface area contributed by atoms with Crippen molar-refractivity contribution in [2.24, 2.45) is 0 Å². The third-order valence-electron chi connectivity index (χ3n) is 10.3. The Morgan fingerprint density at radius 3 is 2.75 bits per heavy atom. The minimum Gasteiger partial charge on any atom is -0.375 e. The van der Waals surface area contributed by atoms with Crippen LogP contribution in [0.2, 0.25) is 10.0 Å². The van der Waals surface area contributed by atoms with Crippen LogP contribution in [0, 0.1) is 0 Å². The number of thiazole rings is 1. The predicted octanol–water partition coefficient (Wildman–Crippen LogP) is 4.96. The molecule has 6 atom stereocenters. The zero-order chi connectivity index (χ0) is 36.2. The number of H-pyrrole nitrogens is 1. The van der Waals surface area contributed by atoms with Gasteiger partial charge in [-0.2, -0.15) is 5.21 Å². The normalized spacial score (nSPS) is 25.4. The summed E-state index contributed by atoms with van der Waals surface area (Å²) in [6.07, 6.45) is 4.18. The maximum atomic E-state index is 14.3. The lowest BCUT2D eigenvalue weighted by Crippen LogP contribution is -2.51. The predicted molar refractivity (Wildman–Crippen MR) is 202 cm³/mol. The summed E-state index contributed by atoms with van der Waals surface area (Å²) in [5.74, 6) is 0.583. The molecule has 9 rings (SSSR count). The van der Waals surface area contributed by atoms with Crippen molar-refractivity contribution in [3.8, 4) is 11.4 Å². The molecule has 4 aliphatic rings. The molecule has 4 saturated heterocycles. The van der Waals surface area contributed by atoms with Crippen molar-refractivity contribution in [3.63, 3.8) is 0 Å². The standard InChI is InChI=1S/C37H36Cl2N10O3S/c1-2-3-6-26(32-35(51-32)41-16-21-10-13-24(38)25(39)14-21)48-19-30(50)49-27(15-20-8-11-22(12-9-20)34-43-45-46-44-34)33-36(52-33)47(18-29(48)49)17-23-5-4-7-28-31(23)42-37(40)53-28/h2,4-14,27,29,32-33,35-36,41H,1,3,15-19H2,(H2,40,42)(H,43,44,45,46)/b26-6-/t27-,29+,32?,33?,35?,36?/m0/s1. The Morgan fingerprint density at radius 2 is 1.96 bits per heavy atom. The number of para-hydroxylation sites is 1. The molecule has 0 radical (unpaired) electrons. The van der Waals surface area contributed by atoms with Crippen LogP contribution in [0.4, 0.5) is 5.13 Å². The molecule has 13 nitrogen and oxygen atoms in total. The number of aromatic amines is 1. The number of anilines is 1. The number of aromatic nitrogens is 5. The van der Waals surface area contributed by atoms with Crippen LogP contribution in [-0.2, 0) is 33.8 Å². The first-order chi connectivity index (χ1) is 25.8. The van der Waals surface area contributed by atoms with Crippen molar-refractivity contribution >= 4 is 55.8 Å².